The number of nitrogens with one attached hydrogen (secondary N) is 1. The Kier molecular flexibility index (Phi) is 11.1. The molecule has 1 unspecified atom stereocenters. The highest BCUT2D eigenvalue weighted by atomic mass is 16.4. The van der Waals surface area contributed by atoms with Crippen molar-refractivity contribution in [2.24, 2.45) is 5.92 Å². The van der Waals surface area contributed by atoms with Crippen molar-refractivity contribution in [3.63, 3.8) is 0 Å². The fourth-order valence-electron chi connectivity index (χ4n) is 2.85. The van der Waals surface area contributed by atoms with E-state index in [0.29, 0.717) is 24.9 Å². The first kappa shape index (κ1) is 24.1. The van der Waals surface area contributed by atoms with E-state index < -0.39 is 17.9 Å². The van der Waals surface area contributed by atoms with E-state index in [9.17, 15) is 19.2 Å². The van der Waals surface area contributed by atoms with Gasteiger partial charge in [-0.2, -0.15) is 0 Å². The predicted octanol–water partition coefficient (Wildman–Crippen LogP) is 3.37. The van der Waals surface area contributed by atoms with Crippen LogP contribution in [-0.2, 0) is 19.2 Å². The second-order valence-electron chi connectivity index (χ2n) is 6.88. The van der Waals surface area contributed by atoms with Gasteiger partial charge in [0.1, 0.15) is 5.92 Å². The highest BCUT2D eigenvalue weighted by Crippen LogP contribution is 2.22. The van der Waals surface area contributed by atoms with Crippen molar-refractivity contribution in [3.05, 3.63) is 30.3 Å². The highest BCUT2D eigenvalue weighted by molar-refractivity contribution is 6.14. The van der Waals surface area contributed by atoms with E-state index in [4.69, 9.17) is 10.2 Å². The van der Waals surface area contributed by atoms with E-state index in [1.54, 1.807) is 12.1 Å². The first-order chi connectivity index (χ1) is 13.9. The van der Waals surface area contributed by atoms with E-state index in [-0.39, 0.29) is 24.7 Å². The Morgan fingerprint density at radius 1 is 0.931 bits per heavy atom. The molecule has 0 bridgehead atoms. The largest absolute Gasteiger partial charge is 0.481 e. The number of carbonyl (C=O) groups is 4. The summed E-state index contributed by atoms with van der Waals surface area (Å²) in [4.78, 5) is 43.9. The van der Waals surface area contributed by atoms with Crippen LogP contribution in [0.15, 0.2) is 30.3 Å². The molecule has 1 aromatic rings. The minimum atomic E-state index is -0.784. The molecule has 1 aliphatic heterocycles. The van der Waals surface area contributed by atoms with E-state index in [2.05, 4.69) is 5.43 Å². The summed E-state index contributed by atoms with van der Waals surface area (Å²) < 4.78 is 0. The molecule has 3 N–H and O–H groups in total. The maximum absolute atomic E-state index is 12.1. The molecule has 0 saturated carbocycles. The molecule has 0 aliphatic carbocycles. The maximum Gasteiger partial charge on any atom is 0.303 e. The average Bonchev–Trinajstić information content (AvgIpc) is 2.97. The lowest BCUT2D eigenvalue weighted by Crippen LogP contribution is -2.35. The number of carbonyl (C=O) groups excluding carboxylic acids is 2. The monoisotopic (exact) mass is 406 g/mol. The third-order valence-electron chi connectivity index (χ3n) is 4.45. The number of unbranched alkanes of at least 4 members (excludes halogenated alkanes) is 4. The van der Waals surface area contributed by atoms with Gasteiger partial charge in [0.25, 0.3) is 11.8 Å². The number of hydrogen-bond acceptors (Lipinski definition) is 4. The molecule has 29 heavy (non-hydrogen) atoms. The number of carboxylic acids is 2. The molecule has 1 atom stereocenters. The first-order valence-corrected chi connectivity index (χ1v) is 10.00. The molecule has 2 rings (SSSR count). The summed E-state index contributed by atoms with van der Waals surface area (Å²) in [5, 5.41) is 17.9. The van der Waals surface area contributed by atoms with Crippen LogP contribution in [0.3, 0.4) is 0 Å². The molecular weight excluding hydrogens is 376 g/mol. The van der Waals surface area contributed by atoms with Crippen LogP contribution in [0.4, 0.5) is 5.69 Å². The number of hydrazine groups is 1. The van der Waals surface area contributed by atoms with Crippen molar-refractivity contribution in [1.29, 1.82) is 0 Å². The zero-order chi connectivity index (χ0) is 21.6. The quantitative estimate of drug-likeness (QED) is 0.382. The molecular formula is C21H30N2O6. The van der Waals surface area contributed by atoms with Crippen LogP contribution in [0.25, 0.3) is 0 Å². The maximum atomic E-state index is 12.1. The van der Waals surface area contributed by atoms with Crippen LogP contribution >= 0.6 is 0 Å². The lowest BCUT2D eigenvalue weighted by Gasteiger charge is -2.14. The highest BCUT2D eigenvalue weighted by Gasteiger charge is 2.39. The van der Waals surface area contributed by atoms with Gasteiger partial charge in [-0.25, -0.2) is 5.01 Å². The van der Waals surface area contributed by atoms with Gasteiger partial charge >= 0.3 is 11.9 Å². The van der Waals surface area contributed by atoms with Gasteiger partial charge < -0.3 is 10.2 Å². The first-order valence-electron chi connectivity index (χ1n) is 10.00. The molecule has 0 radical (unpaired) electrons. The van der Waals surface area contributed by atoms with E-state index in [1.807, 2.05) is 25.1 Å². The summed E-state index contributed by atoms with van der Waals surface area (Å²) in [5.74, 6) is -2.42. The third-order valence-corrected chi connectivity index (χ3v) is 4.45. The number of aliphatic carboxylic acids is 2. The van der Waals surface area contributed by atoms with Crippen molar-refractivity contribution in [2.75, 3.05) is 5.01 Å². The molecule has 2 amide bonds. The molecule has 160 valence electrons. The van der Waals surface area contributed by atoms with Gasteiger partial charge in [0, 0.05) is 12.8 Å². The number of amides is 2. The van der Waals surface area contributed by atoms with Crippen LogP contribution < -0.4 is 10.4 Å². The molecule has 1 heterocycles. The molecule has 8 nitrogen and oxygen atoms in total. The number of rotatable bonds is 11. The summed E-state index contributed by atoms with van der Waals surface area (Å²) in [7, 11) is 0. The third kappa shape index (κ3) is 9.23. The van der Waals surface area contributed by atoms with Gasteiger partial charge in [-0.15, -0.1) is 0 Å². The molecule has 1 aliphatic rings. The predicted molar refractivity (Wildman–Crippen MR) is 108 cm³/mol. The van der Waals surface area contributed by atoms with E-state index >= 15 is 0 Å². The number of hydrogen-bond donors (Lipinski definition) is 3. The Balaban J connectivity index is 0.000000311. The minimum absolute atomic E-state index is 0.144. The number of anilines is 1. The van der Waals surface area contributed by atoms with Crippen molar-refractivity contribution in [2.45, 2.75) is 64.7 Å². The Morgan fingerprint density at radius 3 is 1.97 bits per heavy atom. The van der Waals surface area contributed by atoms with Gasteiger partial charge in [-0.05, 0) is 31.4 Å². The Morgan fingerprint density at radius 2 is 1.48 bits per heavy atom. The number of nitrogens with zero attached hydrogens (tertiary/aromatic N) is 1. The van der Waals surface area contributed by atoms with Crippen LogP contribution in [0.2, 0.25) is 0 Å². The SMILES string of the molecule is CCCCC1C(=O)NN(c2ccccc2)C1=O.O=C(O)CCCCCCC(=O)O. The standard InChI is InChI=1S/C13H16N2O2.C8H14O4/c1-2-3-9-11-12(16)14-15(13(11)17)10-7-5-4-6-8-10;9-7(10)5-3-1-2-4-6-8(11)12/h4-8,11H,2-3,9H2,1H3,(H,14,16);1-6H2,(H,9,10)(H,11,12). The second kappa shape index (κ2) is 13.3. The number of carboxylic acid groups (broad SMARTS) is 2. The summed E-state index contributed by atoms with van der Waals surface area (Å²) >= 11 is 0. The van der Waals surface area contributed by atoms with Gasteiger partial charge in [-0.3, -0.25) is 24.6 Å². The van der Waals surface area contributed by atoms with Gasteiger partial charge in [-0.1, -0.05) is 50.8 Å². The normalized spacial score (nSPS) is 15.5. The summed E-state index contributed by atoms with van der Waals surface area (Å²) in [6.45, 7) is 2.05. The van der Waals surface area contributed by atoms with E-state index in [1.165, 1.54) is 5.01 Å². The molecule has 1 fully saturated rings. The molecule has 0 spiro atoms. The molecule has 1 saturated heterocycles. The zero-order valence-corrected chi connectivity index (χ0v) is 16.8. The van der Waals surface area contributed by atoms with Crippen LogP contribution in [0.5, 0.6) is 0 Å². The fourth-order valence-corrected chi connectivity index (χ4v) is 2.85. The zero-order valence-electron chi connectivity index (χ0n) is 16.8. The molecule has 8 heteroatoms. The Labute approximate surface area is 170 Å². The summed E-state index contributed by atoms with van der Waals surface area (Å²) in [6, 6.07) is 9.17. The van der Waals surface area contributed by atoms with Crippen LogP contribution in [-0.4, -0.2) is 34.0 Å². The van der Waals surface area contributed by atoms with Crippen molar-refractivity contribution < 1.29 is 29.4 Å². The van der Waals surface area contributed by atoms with Crippen molar-refractivity contribution in [3.8, 4) is 0 Å². The van der Waals surface area contributed by atoms with Crippen LogP contribution in [0.1, 0.15) is 64.7 Å². The average molecular weight is 406 g/mol. The van der Waals surface area contributed by atoms with E-state index in [0.717, 1.165) is 25.7 Å². The Bertz CT molecular complexity index is 659. The smallest absolute Gasteiger partial charge is 0.303 e. The minimum Gasteiger partial charge on any atom is -0.481 e. The van der Waals surface area contributed by atoms with Gasteiger partial charge in [0.05, 0.1) is 5.69 Å². The van der Waals surface area contributed by atoms with Crippen molar-refractivity contribution >= 4 is 29.4 Å². The van der Waals surface area contributed by atoms with Crippen molar-refractivity contribution in [1.82, 2.24) is 5.43 Å². The summed E-state index contributed by atoms with van der Waals surface area (Å²) in [6.07, 6.45) is 5.79. The second-order valence-corrected chi connectivity index (χ2v) is 6.88. The molecule has 1 aromatic carbocycles. The number of benzene rings is 1. The lowest BCUT2D eigenvalue weighted by molar-refractivity contribution is -0.138. The Hall–Kier alpha value is -2.90. The van der Waals surface area contributed by atoms with Gasteiger partial charge in [0.15, 0.2) is 0 Å². The topological polar surface area (TPSA) is 124 Å². The molecule has 0 aromatic heterocycles. The van der Waals surface area contributed by atoms with Gasteiger partial charge in [0.2, 0.25) is 0 Å². The van der Waals surface area contributed by atoms with Crippen LogP contribution in [0, 0.1) is 5.92 Å². The fraction of sp³-hybridized carbons (Fsp3) is 0.524. The lowest BCUT2D eigenvalue weighted by atomic mass is 10.0. The summed E-state index contributed by atoms with van der Waals surface area (Å²) in [5.41, 5.74) is 3.34. The number of para-hydroxylation sites is 1.